The van der Waals surface area contributed by atoms with Gasteiger partial charge in [-0.15, -0.1) is 0 Å². The molecule has 0 unspecified atom stereocenters. The molecule has 184 valence electrons. The Morgan fingerprint density at radius 3 is 2.63 bits per heavy atom. The van der Waals surface area contributed by atoms with Gasteiger partial charge in [-0.2, -0.15) is 18.3 Å². The van der Waals surface area contributed by atoms with E-state index in [9.17, 15) is 18.0 Å². The van der Waals surface area contributed by atoms with Crippen molar-refractivity contribution in [2.45, 2.75) is 39.5 Å². The molecule has 1 aromatic carbocycles. The Bertz CT molecular complexity index is 1360. The molecular weight excluding hydrogens is 479 g/mol. The number of carbonyl (C=O) groups excluding carboxylic acids is 1. The van der Waals surface area contributed by atoms with E-state index in [0.29, 0.717) is 47.3 Å². The first kappa shape index (κ1) is 23.3. The van der Waals surface area contributed by atoms with Crippen LogP contribution in [0, 0.1) is 13.8 Å². The van der Waals surface area contributed by atoms with E-state index in [1.165, 1.54) is 0 Å². The highest BCUT2D eigenvalue weighted by Crippen LogP contribution is 2.42. The molecule has 1 aliphatic heterocycles. The van der Waals surface area contributed by atoms with E-state index >= 15 is 0 Å². The van der Waals surface area contributed by atoms with E-state index in [1.807, 2.05) is 49.9 Å². The first-order valence-electron chi connectivity index (χ1n) is 11.2. The minimum Gasteiger partial charge on any atom is -0.358 e. The quantitative estimate of drug-likeness (QED) is 0.450. The highest BCUT2D eigenvalue weighted by Gasteiger charge is 2.39. The van der Waals surface area contributed by atoms with Gasteiger partial charge in [-0.1, -0.05) is 23.5 Å². The second-order valence-electron chi connectivity index (χ2n) is 8.74. The van der Waals surface area contributed by atoms with Gasteiger partial charge in [0.2, 0.25) is 10.9 Å². The number of aryl methyl sites for hydroxylation is 2. The smallest absolute Gasteiger partial charge is 0.358 e. The maximum absolute atomic E-state index is 13.6. The van der Waals surface area contributed by atoms with Crippen LogP contribution in [0.25, 0.3) is 22.6 Å². The fourth-order valence-electron chi connectivity index (χ4n) is 4.43. The summed E-state index contributed by atoms with van der Waals surface area (Å²) in [6.07, 6.45) is -4.56. The monoisotopic (exact) mass is 503 g/mol. The van der Waals surface area contributed by atoms with Crippen molar-refractivity contribution in [2.24, 2.45) is 0 Å². The number of halogens is 3. The SMILES string of the molecule is Cc1cc(C)n(CC(=O)N2CCN(c3sc(C(F)(F)F)nc3-c3nc4ccccc4[nH]3)C[C@H]2C)n1. The van der Waals surface area contributed by atoms with Gasteiger partial charge < -0.3 is 14.8 Å². The molecule has 0 radical (unpaired) electrons. The molecule has 0 spiro atoms. The number of nitrogens with one attached hydrogen (secondary N) is 1. The molecule has 0 bridgehead atoms. The predicted molar refractivity (Wildman–Crippen MR) is 127 cm³/mol. The Morgan fingerprint density at radius 1 is 1.20 bits per heavy atom. The summed E-state index contributed by atoms with van der Waals surface area (Å²) >= 11 is 0.609. The molecule has 1 N–H and O–H groups in total. The molecule has 8 nitrogen and oxygen atoms in total. The number of rotatable bonds is 4. The van der Waals surface area contributed by atoms with Crippen molar-refractivity contribution in [3.8, 4) is 11.5 Å². The predicted octanol–water partition coefficient (Wildman–Crippen LogP) is 4.26. The topological polar surface area (TPSA) is 82.9 Å². The van der Waals surface area contributed by atoms with Crippen LogP contribution in [-0.4, -0.2) is 61.2 Å². The molecule has 0 saturated carbocycles. The number of imidazole rings is 1. The number of nitrogens with zero attached hydrogens (tertiary/aromatic N) is 6. The van der Waals surface area contributed by atoms with Gasteiger partial charge in [0.15, 0.2) is 5.82 Å². The number of hydrogen-bond acceptors (Lipinski definition) is 6. The zero-order valence-corrected chi connectivity index (χ0v) is 20.2. The average molecular weight is 504 g/mol. The summed E-state index contributed by atoms with van der Waals surface area (Å²) in [6.45, 7) is 6.97. The van der Waals surface area contributed by atoms with Crippen molar-refractivity contribution in [3.05, 3.63) is 46.7 Å². The molecule has 1 amide bonds. The number of alkyl halides is 3. The third-order valence-electron chi connectivity index (χ3n) is 6.09. The van der Waals surface area contributed by atoms with Gasteiger partial charge in [-0.25, -0.2) is 9.97 Å². The minimum atomic E-state index is -4.56. The molecule has 1 aliphatic rings. The summed E-state index contributed by atoms with van der Waals surface area (Å²) in [5, 5.41) is 3.84. The lowest BCUT2D eigenvalue weighted by Crippen LogP contribution is -2.54. The van der Waals surface area contributed by atoms with Crippen LogP contribution >= 0.6 is 11.3 Å². The zero-order chi connectivity index (χ0) is 24.9. The van der Waals surface area contributed by atoms with Gasteiger partial charge in [0, 0.05) is 31.4 Å². The van der Waals surface area contributed by atoms with E-state index in [1.54, 1.807) is 15.6 Å². The fraction of sp³-hybridized carbons (Fsp3) is 0.391. The van der Waals surface area contributed by atoms with Crippen LogP contribution in [0.4, 0.5) is 18.2 Å². The van der Waals surface area contributed by atoms with Gasteiger partial charge in [0.05, 0.1) is 16.7 Å². The van der Waals surface area contributed by atoms with Crippen molar-refractivity contribution in [1.29, 1.82) is 0 Å². The van der Waals surface area contributed by atoms with Crippen LogP contribution < -0.4 is 4.90 Å². The van der Waals surface area contributed by atoms with E-state index in [2.05, 4.69) is 20.1 Å². The summed E-state index contributed by atoms with van der Waals surface area (Å²) in [5.41, 5.74) is 3.30. The van der Waals surface area contributed by atoms with E-state index in [0.717, 1.165) is 16.9 Å². The molecule has 35 heavy (non-hydrogen) atoms. The number of amides is 1. The van der Waals surface area contributed by atoms with Crippen molar-refractivity contribution >= 4 is 33.3 Å². The highest BCUT2D eigenvalue weighted by atomic mass is 32.1. The Labute approximate surface area is 203 Å². The third-order valence-corrected chi connectivity index (χ3v) is 7.25. The number of aromatic amines is 1. The van der Waals surface area contributed by atoms with Crippen molar-refractivity contribution in [2.75, 3.05) is 24.5 Å². The fourth-order valence-corrected chi connectivity index (χ4v) is 5.40. The lowest BCUT2D eigenvalue weighted by Gasteiger charge is -2.40. The van der Waals surface area contributed by atoms with Crippen molar-refractivity contribution < 1.29 is 18.0 Å². The van der Waals surface area contributed by atoms with Crippen LogP contribution in [0.15, 0.2) is 30.3 Å². The number of aromatic nitrogens is 5. The van der Waals surface area contributed by atoms with Crippen molar-refractivity contribution in [3.63, 3.8) is 0 Å². The Kier molecular flexibility index (Phi) is 5.78. The highest BCUT2D eigenvalue weighted by molar-refractivity contribution is 7.16. The minimum absolute atomic E-state index is 0.0684. The van der Waals surface area contributed by atoms with E-state index in [-0.39, 0.29) is 24.2 Å². The number of piperazine rings is 1. The molecule has 3 aromatic heterocycles. The van der Waals surface area contributed by atoms with Gasteiger partial charge >= 0.3 is 6.18 Å². The van der Waals surface area contributed by atoms with Crippen molar-refractivity contribution in [1.82, 2.24) is 29.6 Å². The van der Waals surface area contributed by atoms with E-state index < -0.39 is 11.2 Å². The number of benzene rings is 1. The third kappa shape index (κ3) is 4.49. The Balaban J connectivity index is 1.40. The summed E-state index contributed by atoms with van der Waals surface area (Å²) in [7, 11) is 0. The van der Waals surface area contributed by atoms with Crippen LogP contribution in [0.2, 0.25) is 0 Å². The standard InChI is InChI=1S/C23H24F3N7OS/c1-13-10-14(2)33(30-13)12-18(34)32-9-8-31(11-15(32)3)21-19(29-22(35-21)23(24,25)26)20-27-16-6-4-5-7-17(16)28-20/h4-7,10,15H,8-9,11-12H2,1-3H3,(H,27,28)/t15-/m1/s1. The number of thiazole rings is 1. The van der Waals surface area contributed by atoms with Gasteiger partial charge in [0.25, 0.3) is 0 Å². The molecule has 1 saturated heterocycles. The first-order valence-corrected chi connectivity index (χ1v) is 12.0. The molecule has 1 fully saturated rings. The largest absolute Gasteiger partial charge is 0.443 e. The normalized spacial score (nSPS) is 16.9. The molecule has 4 heterocycles. The molecule has 4 aromatic rings. The Hall–Kier alpha value is -3.41. The van der Waals surface area contributed by atoms with Crippen LogP contribution in [0.3, 0.4) is 0 Å². The molecule has 0 aliphatic carbocycles. The number of anilines is 1. The molecule has 1 atom stereocenters. The summed E-state index contributed by atoms with van der Waals surface area (Å²) in [5.74, 6) is 0.227. The van der Waals surface area contributed by atoms with Crippen LogP contribution in [0.1, 0.15) is 23.3 Å². The lowest BCUT2D eigenvalue weighted by molar-refractivity contribution is -0.137. The lowest BCUT2D eigenvalue weighted by atomic mass is 10.2. The molecular formula is C23H24F3N7OS. The van der Waals surface area contributed by atoms with Gasteiger partial charge in [0.1, 0.15) is 17.2 Å². The molecule has 12 heteroatoms. The molecule has 5 rings (SSSR count). The van der Waals surface area contributed by atoms with Gasteiger partial charge in [-0.3, -0.25) is 9.48 Å². The van der Waals surface area contributed by atoms with E-state index in [4.69, 9.17) is 0 Å². The summed E-state index contributed by atoms with van der Waals surface area (Å²) < 4.78 is 42.5. The second-order valence-corrected chi connectivity index (χ2v) is 9.72. The number of carbonyl (C=O) groups is 1. The average Bonchev–Trinajstić information content (AvgIpc) is 3.49. The Morgan fingerprint density at radius 2 is 1.97 bits per heavy atom. The number of fused-ring (bicyclic) bond motifs is 1. The number of hydrogen-bond donors (Lipinski definition) is 1. The number of H-pyrrole nitrogens is 1. The summed E-state index contributed by atoms with van der Waals surface area (Å²) in [6, 6.07) is 8.97. The maximum atomic E-state index is 13.6. The van der Waals surface area contributed by atoms with Crippen LogP contribution in [0.5, 0.6) is 0 Å². The second kappa shape index (κ2) is 8.67. The van der Waals surface area contributed by atoms with Crippen LogP contribution in [-0.2, 0) is 17.5 Å². The first-order chi connectivity index (χ1) is 16.6. The summed E-state index contributed by atoms with van der Waals surface area (Å²) in [4.78, 5) is 28.1. The van der Waals surface area contributed by atoms with Gasteiger partial charge in [-0.05, 0) is 39.0 Å². The number of para-hydroxylation sites is 2. The maximum Gasteiger partial charge on any atom is 0.443 e. The zero-order valence-electron chi connectivity index (χ0n) is 19.4.